The highest BCUT2D eigenvalue weighted by molar-refractivity contribution is 5.69. The molecule has 0 fully saturated rings. The van der Waals surface area contributed by atoms with Crippen LogP contribution in [0.4, 0.5) is 5.82 Å². The molecular weight excluding hydrogens is 258 g/mol. The van der Waals surface area contributed by atoms with Crippen molar-refractivity contribution in [3.8, 4) is 0 Å². The number of rotatable bonds is 8. The van der Waals surface area contributed by atoms with Gasteiger partial charge in [-0.1, -0.05) is 13.8 Å². The Morgan fingerprint density at radius 2 is 2.25 bits per heavy atom. The van der Waals surface area contributed by atoms with Crippen molar-refractivity contribution in [3.63, 3.8) is 0 Å². The van der Waals surface area contributed by atoms with Gasteiger partial charge in [0.1, 0.15) is 0 Å². The Labute approximate surface area is 119 Å². The van der Waals surface area contributed by atoms with Crippen molar-refractivity contribution in [2.24, 2.45) is 5.92 Å². The molecule has 0 saturated heterocycles. The van der Waals surface area contributed by atoms with E-state index >= 15 is 0 Å². The number of ether oxygens (including phenoxy) is 1. The normalized spacial score (nSPS) is 10.6. The van der Waals surface area contributed by atoms with Crippen molar-refractivity contribution in [2.75, 3.05) is 18.5 Å². The molecule has 0 aliphatic heterocycles. The van der Waals surface area contributed by atoms with Gasteiger partial charge in [-0.3, -0.25) is 9.59 Å². The molecule has 20 heavy (non-hydrogen) atoms. The highest BCUT2D eigenvalue weighted by Crippen LogP contribution is 2.00. The van der Waals surface area contributed by atoms with E-state index in [-0.39, 0.29) is 11.5 Å². The number of nitrogens with one attached hydrogen (secondary N) is 1. The molecule has 0 radical (unpaired) electrons. The zero-order valence-corrected chi connectivity index (χ0v) is 12.4. The Morgan fingerprint density at radius 1 is 1.50 bits per heavy atom. The van der Waals surface area contributed by atoms with Gasteiger partial charge in [0.05, 0.1) is 6.61 Å². The van der Waals surface area contributed by atoms with Crippen LogP contribution < -0.4 is 10.9 Å². The number of carbonyl (C=O) groups excluding carboxylic acids is 1. The Hall–Kier alpha value is -1.85. The third-order valence-corrected chi connectivity index (χ3v) is 2.63. The molecular formula is C14H23N3O3. The van der Waals surface area contributed by atoms with Crippen molar-refractivity contribution < 1.29 is 9.53 Å². The van der Waals surface area contributed by atoms with E-state index < -0.39 is 0 Å². The van der Waals surface area contributed by atoms with Crippen molar-refractivity contribution in [2.45, 2.75) is 40.2 Å². The third-order valence-electron chi connectivity index (χ3n) is 2.63. The minimum absolute atomic E-state index is 0.127. The van der Waals surface area contributed by atoms with Gasteiger partial charge in [0.2, 0.25) is 0 Å². The Balaban J connectivity index is 2.48. The smallest absolute Gasteiger partial charge is 0.305 e. The van der Waals surface area contributed by atoms with Crippen LogP contribution in [0, 0.1) is 5.92 Å². The summed E-state index contributed by atoms with van der Waals surface area (Å²) in [5, 5.41) is 2.97. The summed E-state index contributed by atoms with van der Waals surface area (Å²) in [4.78, 5) is 27.3. The average Bonchev–Trinajstić information content (AvgIpc) is 2.38. The molecule has 6 nitrogen and oxygen atoms in total. The molecule has 0 aliphatic carbocycles. The molecule has 6 heteroatoms. The van der Waals surface area contributed by atoms with E-state index in [4.69, 9.17) is 4.74 Å². The van der Waals surface area contributed by atoms with E-state index in [1.165, 1.54) is 0 Å². The number of hydrogen-bond acceptors (Lipinski definition) is 5. The summed E-state index contributed by atoms with van der Waals surface area (Å²) in [5.74, 6) is 0.510. The number of esters is 1. The maximum absolute atomic E-state index is 12.1. The fourth-order valence-corrected chi connectivity index (χ4v) is 1.78. The van der Waals surface area contributed by atoms with Gasteiger partial charge in [0.25, 0.3) is 5.56 Å². The first-order valence-corrected chi connectivity index (χ1v) is 6.99. The molecule has 0 aromatic carbocycles. The second kappa shape index (κ2) is 8.35. The van der Waals surface area contributed by atoms with Crippen LogP contribution in [-0.4, -0.2) is 28.7 Å². The van der Waals surface area contributed by atoms with Gasteiger partial charge in [-0.2, -0.15) is 0 Å². The quantitative estimate of drug-likeness (QED) is 0.579. The minimum Gasteiger partial charge on any atom is -0.466 e. The number of carbonyl (C=O) groups is 1. The van der Waals surface area contributed by atoms with E-state index in [1.807, 2.05) is 0 Å². The molecule has 0 unspecified atom stereocenters. The SMILES string of the molecule is CCOC(=O)CCCNc1nccn(CC(C)C)c1=O. The first-order chi connectivity index (χ1) is 9.54. The monoisotopic (exact) mass is 281 g/mol. The fourth-order valence-electron chi connectivity index (χ4n) is 1.78. The van der Waals surface area contributed by atoms with Gasteiger partial charge in [0.15, 0.2) is 5.82 Å². The molecule has 1 rings (SSSR count). The molecule has 0 amide bonds. The summed E-state index contributed by atoms with van der Waals surface area (Å²) in [6, 6.07) is 0. The Morgan fingerprint density at radius 3 is 2.90 bits per heavy atom. The van der Waals surface area contributed by atoms with Crippen molar-refractivity contribution in [1.82, 2.24) is 9.55 Å². The topological polar surface area (TPSA) is 73.2 Å². The number of aromatic nitrogens is 2. The van der Waals surface area contributed by atoms with Crippen LogP contribution in [0.5, 0.6) is 0 Å². The van der Waals surface area contributed by atoms with E-state index in [9.17, 15) is 9.59 Å². The van der Waals surface area contributed by atoms with Crippen LogP contribution in [0.15, 0.2) is 17.2 Å². The van der Waals surface area contributed by atoms with Crippen LogP contribution in [0.3, 0.4) is 0 Å². The molecule has 0 spiro atoms. The molecule has 0 bridgehead atoms. The minimum atomic E-state index is -0.215. The van der Waals surface area contributed by atoms with Gasteiger partial charge in [-0.25, -0.2) is 4.98 Å². The molecule has 1 N–H and O–H groups in total. The van der Waals surface area contributed by atoms with E-state index in [2.05, 4.69) is 24.1 Å². The summed E-state index contributed by atoms with van der Waals surface area (Å²) in [6.45, 7) is 7.47. The van der Waals surface area contributed by atoms with E-state index in [1.54, 1.807) is 23.9 Å². The largest absolute Gasteiger partial charge is 0.466 e. The lowest BCUT2D eigenvalue weighted by atomic mass is 10.2. The van der Waals surface area contributed by atoms with Crippen LogP contribution in [0.25, 0.3) is 0 Å². The van der Waals surface area contributed by atoms with Crippen molar-refractivity contribution in [1.29, 1.82) is 0 Å². The van der Waals surface area contributed by atoms with Crippen LogP contribution >= 0.6 is 0 Å². The van der Waals surface area contributed by atoms with E-state index in [0.29, 0.717) is 44.3 Å². The maximum Gasteiger partial charge on any atom is 0.305 e. The highest BCUT2D eigenvalue weighted by Gasteiger charge is 2.06. The molecule has 0 aliphatic rings. The molecule has 0 atom stereocenters. The highest BCUT2D eigenvalue weighted by atomic mass is 16.5. The second-order valence-corrected chi connectivity index (χ2v) is 4.96. The molecule has 112 valence electrons. The Bertz CT molecular complexity index is 483. The van der Waals surface area contributed by atoms with Crippen LogP contribution in [-0.2, 0) is 16.1 Å². The molecule has 0 saturated carbocycles. The van der Waals surface area contributed by atoms with Gasteiger partial charge in [-0.15, -0.1) is 0 Å². The standard InChI is InChI=1S/C14H23N3O3/c1-4-20-12(18)6-5-7-15-13-14(19)17(9-8-16-13)10-11(2)3/h8-9,11H,4-7,10H2,1-3H3,(H,15,16). The lowest BCUT2D eigenvalue weighted by Gasteiger charge is -2.10. The Kier molecular flexibility index (Phi) is 6.76. The van der Waals surface area contributed by atoms with Crippen LogP contribution in [0.2, 0.25) is 0 Å². The third kappa shape index (κ3) is 5.42. The molecule has 1 aromatic heterocycles. The number of nitrogens with zero attached hydrogens (tertiary/aromatic N) is 2. The lowest BCUT2D eigenvalue weighted by Crippen LogP contribution is -2.26. The maximum atomic E-state index is 12.1. The molecule has 1 aromatic rings. The molecule has 1 heterocycles. The summed E-state index contributed by atoms with van der Waals surface area (Å²) in [6.07, 6.45) is 4.25. The number of anilines is 1. The first-order valence-electron chi connectivity index (χ1n) is 6.99. The summed E-state index contributed by atoms with van der Waals surface area (Å²) in [7, 11) is 0. The zero-order valence-electron chi connectivity index (χ0n) is 12.4. The van der Waals surface area contributed by atoms with Crippen molar-refractivity contribution >= 4 is 11.8 Å². The second-order valence-electron chi connectivity index (χ2n) is 4.96. The average molecular weight is 281 g/mol. The predicted octanol–water partition coefficient (Wildman–Crippen LogP) is 1.65. The van der Waals surface area contributed by atoms with Crippen LogP contribution in [0.1, 0.15) is 33.6 Å². The van der Waals surface area contributed by atoms with Gasteiger partial charge < -0.3 is 14.6 Å². The number of hydrogen-bond donors (Lipinski definition) is 1. The summed E-state index contributed by atoms with van der Waals surface area (Å²) < 4.78 is 6.48. The van der Waals surface area contributed by atoms with Crippen molar-refractivity contribution in [3.05, 3.63) is 22.7 Å². The lowest BCUT2D eigenvalue weighted by molar-refractivity contribution is -0.143. The zero-order chi connectivity index (χ0) is 15.0. The first kappa shape index (κ1) is 16.2. The summed E-state index contributed by atoms with van der Waals surface area (Å²) in [5.41, 5.74) is -0.127. The van der Waals surface area contributed by atoms with E-state index in [0.717, 1.165) is 0 Å². The van der Waals surface area contributed by atoms with Gasteiger partial charge in [0, 0.05) is 31.9 Å². The predicted molar refractivity (Wildman–Crippen MR) is 77.7 cm³/mol. The fraction of sp³-hybridized carbons (Fsp3) is 0.643. The summed E-state index contributed by atoms with van der Waals surface area (Å²) >= 11 is 0. The van der Waals surface area contributed by atoms with Gasteiger partial charge >= 0.3 is 5.97 Å². The van der Waals surface area contributed by atoms with Gasteiger partial charge in [-0.05, 0) is 19.3 Å².